The van der Waals surface area contributed by atoms with E-state index in [1.807, 2.05) is 4.98 Å². The van der Waals surface area contributed by atoms with Gasteiger partial charge in [-0.05, 0) is 13.0 Å². The molecule has 48 heavy (non-hydrogen) atoms. The zero-order valence-corrected chi connectivity index (χ0v) is 23.7. The van der Waals surface area contributed by atoms with Crippen molar-refractivity contribution in [1.82, 2.24) is 29.0 Å². The molecule has 3 N–H and O–H groups in total. The van der Waals surface area contributed by atoms with E-state index in [2.05, 4.69) is 9.97 Å². The van der Waals surface area contributed by atoms with E-state index < -0.39 is 102 Å². The zero-order valence-electron chi connectivity index (χ0n) is 23.7. The molecule has 2 aromatic carbocycles. The predicted molar refractivity (Wildman–Crippen MR) is 153 cm³/mol. The van der Waals surface area contributed by atoms with Gasteiger partial charge in [-0.15, -0.1) is 9.46 Å². The molecule has 0 spiro atoms. The Hall–Kier alpha value is -7.20. The second-order valence-electron chi connectivity index (χ2n) is 9.41. The monoisotopic (exact) mass is 672 g/mol. The zero-order chi connectivity index (χ0) is 35.0. The SMILES string of the molecule is CCOC(=O)C(On1c(=O)c(=O)[nH]c2cc([N+](=O)[O-])c(F)cc21)C(On1c(=O)c(=O)[nH]c2cc([N+](=O)[O-])c(-n3ccnc3)cc21)C(=O)O. The molecule has 0 aliphatic carbocycles. The number of hydrogen-bond donors (Lipinski definition) is 3. The number of H-pyrrole nitrogens is 2. The lowest BCUT2D eigenvalue weighted by Crippen LogP contribution is -2.57. The fourth-order valence-corrected chi connectivity index (χ4v) is 4.42. The van der Waals surface area contributed by atoms with Gasteiger partial charge in [-0.1, -0.05) is 0 Å². The molecule has 5 rings (SSSR count). The molecule has 0 aliphatic heterocycles. The number of fused-ring (bicyclic) bond motifs is 2. The Morgan fingerprint density at radius 3 is 1.96 bits per heavy atom. The third-order valence-corrected chi connectivity index (χ3v) is 6.50. The van der Waals surface area contributed by atoms with Crippen LogP contribution in [-0.4, -0.2) is 74.7 Å². The highest BCUT2D eigenvalue weighted by atomic mass is 19.1. The van der Waals surface area contributed by atoms with Gasteiger partial charge in [-0.25, -0.2) is 14.6 Å². The normalized spacial score (nSPS) is 12.4. The van der Waals surface area contributed by atoms with Crippen molar-refractivity contribution in [3.05, 3.63) is 110 Å². The summed E-state index contributed by atoms with van der Waals surface area (Å²) in [6.07, 6.45) is -1.65. The number of nitrogens with one attached hydrogen (secondary N) is 2. The quantitative estimate of drug-likeness (QED) is 0.0641. The number of aliphatic carboxylic acids is 1. The van der Waals surface area contributed by atoms with Crippen molar-refractivity contribution in [3.63, 3.8) is 0 Å². The summed E-state index contributed by atoms with van der Waals surface area (Å²) in [6, 6.07) is 2.68. The summed E-state index contributed by atoms with van der Waals surface area (Å²) in [5, 5.41) is 33.1. The van der Waals surface area contributed by atoms with Gasteiger partial charge in [0.2, 0.25) is 5.82 Å². The molecule has 23 heteroatoms. The Morgan fingerprint density at radius 1 is 0.917 bits per heavy atom. The van der Waals surface area contributed by atoms with Gasteiger partial charge in [0.1, 0.15) is 16.7 Å². The van der Waals surface area contributed by atoms with Gasteiger partial charge in [-0.3, -0.25) is 39.4 Å². The minimum atomic E-state index is -2.72. The number of ether oxygens (including phenoxy) is 1. The van der Waals surface area contributed by atoms with Gasteiger partial charge in [0.25, 0.3) is 17.9 Å². The number of carboxylic acid groups (broad SMARTS) is 1. The van der Waals surface area contributed by atoms with E-state index in [0.717, 1.165) is 23.0 Å². The maximum Gasteiger partial charge on any atom is 0.354 e. The number of carbonyl (C=O) groups is 2. The number of aromatic nitrogens is 6. The van der Waals surface area contributed by atoms with Crippen molar-refractivity contribution < 1.29 is 43.3 Å². The number of nitro benzene ring substituents is 2. The molecular formula is C25H17FN8O14. The average Bonchev–Trinajstić information content (AvgIpc) is 3.57. The molecule has 0 saturated heterocycles. The number of benzene rings is 2. The molecule has 248 valence electrons. The summed E-state index contributed by atoms with van der Waals surface area (Å²) in [5.41, 5.74) is -10.4. The molecule has 2 unspecified atom stereocenters. The third kappa shape index (κ3) is 5.68. The van der Waals surface area contributed by atoms with E-state index in [0.29, 0.717) is 12.1 Å². The fraction of sp³-hybridized carbons (Fsp3) is 0.160. The molecule has 3 aromatic heterocycles. The molecule has 3 heterocycles. The number of hydrogen-bond acceptors (Lipinski definition) is 14. The van der Waals surface area contributed by atoms with E-state index in [4.69, 9.17) is 14.4 Å². The predicted octanol–water partition coefficient (Wildman–Crippen LogP) is -1.22. The molecule has 2 atom stereocenters. The highest BCUT2D eigenvalue weighted by Gasteiger charge is 2.42. The van der Waals surface area contributed by atoms with Crippen LogP contribution in [0.3, 0.4) is 0 Å². The number of imidazole rings is 1. The summed E-state index contributed by atoms with van der Waals surface area (Å²) in [6.45, 7) is 0.858. The van der Waals surface area contributed by atoms with E-state index in [9.17, 15) is 58.5 Å². The first kappa shape index (κ1) is 32.2. The number of carboxylic acids is 1. The molecule has 0 fully saturated rings. The van der Waals surface area contributed by atoms with Gasteiger partial charge >= 0.3 is 39.9 Å². The lowest BCUT2D eigenvalue weighted by molar-refractivity contribution is -0.387. The molecule has 22 nitrogen and oxygen atoms in total. The molecule has 0 saturated carbocycles. The van der Waals surface area contributed by atoms with Crippen LogP contribution in [0.25, 0.3) is 27.8 Å². The molecule has 0 amide bonds. The second-order valence-corrected chi connectivity index (χ2v) is 9.41. The van der Waals surface area contributed by atoms with Crippen LogP contribution in [0.5, 0.6) is 0 Å². The average molecular weight is 672 g/mol. The van der Waals surface area contributed by atoms with Gasteiger partial charge in [0, 0.05) is 30.6 Å². The topological polar surface area (TPSA) is 296 Å². The van der Waals surface area contributed by atoms with E-state index >= 15 is 0 Å². The fourth-order valence-electron chi connectivity index (χ4n) is 4.42. The number of nitro groups is 2. The smallest absolute Gasteiger partial charge is 0.354 e. The van der Waals surface area contributed by atoms with Crippen molar-refractivity contribution in [1.29, 1.82) is 0 Å². The van der Waals surface area contributed by atoms with Crippen molar-refractivity contribution in [2.75, 3.05) is 6.61 Å². The van der Waals surface area contributed by atoms with Crippen molar-refractivity contribution in [2.45, 2.75) is 19.1 Å². The van der Waals surface area contributed by atoms with Crippen LogP contribution in [0.1, 0.15) is 6.92 Å². The Balaban J connectivity index is 1.72. The number of nitrogens with zero attached hydrogens (tertiary/aromatic N) is 6. The Labute approximate surface area is 260 Å². The van der Waals surface area contributed by atoms with Crippen molar-refractivity contribution >= 4 is 45.4 Å². The van der Waals surface area contributed by atoms with E-state index in [1.165, 1.54) is 19.3 Å². The summed E-state index contributed by atoms with van der Waals surface area (Å²) in [5.74, 6) is -5.20. The molecule has 5 aromatic rings. The molecule has 0 aliphatic rings. The maximum atomic E-state index is 14.6. The van der Waals surface area contributed by atoms with Gasteiger partial charge < -0.3 is 34.1 Å². The first-order valence-corrected chi connectivity index (χ1v) is 13.1. The van der Waals surface area contributed by atoms with Gasteiger partial charge in [-0.2, -0.15) is 4.39 Å². The Bertz CT molecular complexity index is 2400. The number of esters is 1. The lowest BCUT2D eigenvalue weighted by Gasteiger charge is -2.25. The number of rotatable bonds is 11. The van der Waals surface area contributed by atoms with Crippen LogP contribution in [0.15, 0.2) is 62.2 Å². The largest absolute Gasteiger partial charge is 0.478 e. The van der Waals surface area contributed by atoms with E-state index in [1.54, 1.807) is 0 Å². The van der Waals surface area contributed by atoms with Crippen LogP contribution in [0.2, 0.25) is 0 Å². The third-order valence-electron chi connectivity index (χ3n) is 6.50. The highest BCUT2D eigenvalue weighted by molar-refractivity contribution is 5.86. The van der Waals surface area contributed by atoms with Crippen LogP contribution in [0, 0.1) is 26.0 Å². The Morgan fingerprint density at radius 2 is 1.46 bits per heavy atom. The first-order chi connectivity index (χ1) is 22.7. The van der Waals surface area contributed by atoms with Gasteiger partial charge in [0.05, 0.1) is 33.8 Å². The molecule has 0 bridgehead atoms. The minimum Gasteiger partial charge on any atom is -0.478 e. The number of carbonyl (C=O) groups excluding carboxylic acids is 1. The standard InChI is InChI=1S/C25H17FN8O14/c1-2-46-25(41)19(48-31-14-5-10(26)13(33(42)43)6-11(14)28-20(35)22(31)37)18(24(39)40)47-32-15-8-16(30-4-3-27-9-30)17(34(44)45)7-12(15)29-21(36)23(32)38/h3-9,18-19H,2H2,1H3,(H,28,35)(H,29,36)(H,39,40). The molecule has 0 radical (unpaired) electrons. The second kappa shape index (κ2) is 12.3. The molecular weight excluding hydrogens is 655 g/mol. The Kier molecular flexibility index (Phi) is 8.25. The summed E-state index contributed by atoms with van der Waals surface area (Å²) in [7, 11) is 0. The maximum absolute atomic E-state index is 14.6. The summed E-state index contributed by atoms with van der Waals surface area (Å²) in [4.78, 5) is 116. The summed E-state index contributed by atoms with van der Waals surface area (Å²) < 4.78 is 20.6. The number of halogens is 1. The van der Waals surface area contributed by atoms with Gasteiger partial charge in [0.15, 0.2) is 0 Å². The van der Waals surface area contributed by atoms with E-state index in [-0.39, 0.29) is 15.1 Å². The minimum absolute atomic E-state index is 0.0406. The highest BCUT2D eigenvalue weighted by Crippen LogP contribution is 2.27. The first-order valence-electron chi connectivity index (χ1n) is 13.1. The van der Waals surface area contributed by atoms with Crippen LogP contribution in [-0.2, 0) is 14.3 Å². The van der Waals surface area contributed by atoms with Crippen LogP contribution in [0.4, 0.5) is 15.8 Å². The van der Waals surface area contributed by atoms with Crippen molar-refractivity contribution in [3.8, 4) is 5.69 Å². The van der Waals surface area contributed by atoms with Crippen LogP contribution >= 0.6 is 0 Å². The summed E-state index contributed by atoms with van der Waals surface area (Å²) >= 11 is 0. The number of aromatic amines is 2. The van der Waals surface area contributed by atoms with Crippen molar-refractivity contribution in [2.24, 2.45) is 0 Å². The lowest BCUT2D eigenvalue weighted by atomic mass is 10.2. The van der Waals surface area contributed by atoms with Crippen LogP contribution < -0.4 is 31.9 Å².